The van der Waals surface area contributed by atoms with Crippen molar-refractivity contribution in [3.63, 3.8) is 0 Å². The number of H-pyrrole nitrogens is 1. The first kappa shape index (κ1) is 21.0. The van der Waals surface area contributed by atoms with Gasteiger partial charge in [0.05, 0.1) is 12.9 Å². The lowest BCUT2D eigenvalue weighted by molar-refractivity contribution is -0.0502. The Kier molecular flexibility index (Phi) is 5.46. The minimum atomic E-state index is -5.13. The number of phosphoric ester groups is 2. The molecule has 1 aliphatic heterocycles. The maximum Gasteiger partial charge on any atom is 0.470 e. The summed E-state index contributed by atoms with van der Waals surface area (Å²) < 4.78 is 37.3. The van der Waals surface area contributed by atoms with Crippen LogP contribution in [0.15, 0.2) is 11.1 Å². The average Bonchev–Trinajstić information content (AvgIpc) is 3.06. The molecule has 0 aliphatic carbocycles. The summed E-state index contributed by atoms with van der Waals surface area (Å²) in [6.07, 6.45) is -5.40. The number of aliphatic hydroxyl groups excluding tert-OH is 1. The van der Waals surface area contributed by atoms with Gasteiger partial charge in [0.15, 0.2) is 17.4 Å². The van der Waals surface area contributed by atoms with Crippen molar-refractivity contribution < 1.29 is 47.6 Å². The van der Waals surface area contributed by atoms with Crippen LogP contribution in [0, 0.1) is 0 Å². The number of imidazole rings is 1. The summed E-state index contributed by atoms with van der Waals surface area (Å²) in [4.78, 5) is 57.4. The number of ether oxygens (including phenoxy) is 1. The molecule has 28 heavy (non-hydrogen) atoms. The number of nitrogens with one attached hydrogen (secondary N) is 1. The second-order valence-electron chi connectivity index (χ2n) is 5.68. The minimum absolute atomic E-state index is 0.114. The molecule has 18 heteroatoms. The monoisotopic (exact) mass is 443 g/mol. The number of hydrogen-bond acceptors (Lipinski definition) is 10. The summed E-state index contributed by atoms with van der Waals surface area (Å²) in [5, 5.41) is 10.4. The van der Waals surface area contributed by atoms with Crippen molar-refractivity contribution in [2.24, 2.45) is 0 Å². The van der Waals surface area contributed by atoms with Gasteiger partial charge in [0.1, 0.15) is 18.3 Å². The van der Waals surface area contributed by atoms with E-state index >= 15 is 0 Å². The first-order chi connectivity index (χ1) is 12.9. The minimum Gasteiger partial charge on any atom is -0.386 e. The molecule has 2 aromatic rings. The van der Waals surface area contributed by atoms with E-state index in [1.807, 2.05) is 0 Å². The largest absolute Gasteiger partial charge is 0.470 e. The van der Waals surface area contributed by atoms with Crippen molar-refractivity contribution >= 4 is 32.8 Å². The van der Waals surface area contributed by atoms with Gasteiger partial charge in [-0.3, -0.25) is 23.4 Å². The third-order valence-corrected chi connectivity index (χ3v) is 4.70. The van der Waals surface area contributed by atoms with E-state index in [0.29, 0.717) is 0 Å². The van der Waals surface area contributed by atoms with Crippen LogP contribution >= 0.6 is 15.6 Å². The van der Waals surface area contributed by atoms with Crippen molar-refractivity contribution in [1.29, 1.82) is 0 Å². The topological polar surface area (TPSA) is 253 Å². The third kappa shape index (κ3) is 4.47. The van der Waals surface area contributed by atoms with Crippen LogP contribution in [0.3, 0.4) is 0 Å². The first-order valence-electron chi connectivity index (χ1n) is 7.35. The molecule has 0 unspecified atom stereocenters. The van der Waals surface area contributed by atoms with E-state index in [1.165, 1.54) is 0 Å². The number of nitrogen functional groups attached to an aromatic ring is 1. The van der Waals surface area contributed by atoms with Crippen LogP contribution in [0.2, 0.25) is 0 Å². The lowest BCUT2D eigenvalue weighted by Gasteiger charge is -2.20. The molecule has 3 heterocycles. The van der Waals surface area contributed by atoms with Crippen LogP contribution in [0.5, 0.6) is 0 Å². The number of rotatable bonds is 6. The summed E-state index contributed by atoms with van der Waals surface area (Å²) in [7, 11) is -10.1. The summed E-state index contributed by atoms with van der Waals surface area (Å²) in [5.41, 5.74) is 4.52. The van der Waals surface area contributed by atoms with Gasteiger partial charge < -0.3 is 35.2 Å². The van der Waals surface area contributed by atoms with Crippen LogP contribution < -0.4 is 11.3 Å². The van der Waals surface area contributed by atoms with Crippen molar-refractivity contribution in [3.05, 3.63) is 16.7 Å². The number of aromatic amines is 1. The highest BCUT2D eigenvalue weighted by Gasteiger charge is 2.49. The molecule has 4 atom stereocenters. The summed E-state index contributed by atoms with van der Waals surface area (Å²) in [6.45, 7) is -0.870. The van der Waals surface area contributed by atoms with E-state index in [-0.39, 0.29) is 17.1 Å². The lowest BCUT2D eigenvalue weighted by Crippen LogP contribution is -2.35. The van der Waals surface area contributed by atoms with Gasteiger partial charge in [0.25, 0.3) is 5.56 Å². The Morgan fingerprint density at radius 3 is 2.57 bits per heavy atom. The molecule has 0 radical (unpaired) electrons. The number of fused-ring (bicyclic) bond motifs is 1. The Bertz CT molecular complexity index is 1030. The zero-order valence-electron chi connectivity index (χ0n) is 13.6. The molecule has 1 aliphatic rings. The number of phosphoric acid groups is 2. The van der Waals surface area contributed by atoms with Crippen molar-refractivity contribution in [3.8, 4) is 0 Å². The lowest BCUT2D eigenvalue weighted by atomic mass is 10.1. The van der Waals surface area contributed by atoms with E-state index in [2.05, 4.69) is 24.0 Å². The van der Waals surface area contributed by atoms with E-state index in [9.17, 15) is 19.0 Å². The SMILES string of the molecule is Nc1nc2c(ncn2[C@@H]2O[C@H](COP(=O)(O)O)[C@H](OP(=O)(O)O)[C@H]2O)c(=O)[nH]1. The zero-order valence-corrected chi connectivity index (χ0v) is 15.4. The molecular weight excluding hydrogens is 428 g/mol. The normalized spacial score (nSPS) is 26.2. The summed E-state index contributed by atoms with van der Waals surface area (Å²) >= 11 is 0. The quantitative estimate of drug-likeness (QED) is 0.229. The third-order valence-electron chi connectivity index (χ3n) is 3.70. The molecule has 0 saturated carbocycles. The molecular formula is C10H15N5O11P2. The highest BCUT2D eigenvalue weighted by molar-refractivity contribution is 7.46. The number of aromatic nitrogens is 4. The van der Waals surface area contributed by atoms with Gasteiger partial charge in [0.2, 0.25) is 5.95 Å². The van der Waals surface area contributed by atoms with Crippen LogP contribution in [-0.4, -0.2) is 69.1 Å². The molecule has 3 rings (SSSR count). The number of hydrogen-bond donors (Lipinski definition) is 7. The molecule has 1 fully saturated rings. The van der Waals surface area contributed by atoms with E-state index in [0.717, 1.165) is 10.9 Å². The Balaban J connectivity index is 1.97. The summed E-state index contributed by atoms with van der Waals surface area (Å²) in [6, 6.07) is 0. The van der Waals surface area contributed by atoms with Gasteiger partial charge in [-0.25, -0.2) is 14.1 Å². The van der Waals surface area contributed by atoms with Crippen molar-refractivity contribution in [1.82, 2.24) is 19.5 Å². The average molecular weight is 443 g/mol. The van der Waals surface area contributed by atoms with Crippen molar-refractivity contribution in [2.75, 3.05) is 12.3 Å². The molecule has 0 aromatic carbocycles. The first-order valence-corrected chi connectivity index (χ1v) is 10.4. The van der Waals surface area contributed by atoms with Crippen LogP contribution in [0.25, 0.3) is 11.2 Å². The number of anilines is 1. The van der Waals surface area contributed by atoms with Crippen LogP contribution in [0.4, 0.5) is 5.95 Å². The van der Waals surface area contributed by atoms with E-state index in [4.69, 9.17) is 30.0 Å². The van der Waals surface area contributed by atoms with E-state index in [1.54, 1.807) is 0 Å². The second kappa shape index (κ2) is 7.27. The fourth-order valence-electron chi connectivity index (χ4n) is 2.67. The molecule has 0 amide bonds. The smallest absolute Gasteiger partial charge is 0.386 e. The Labute approximate surface area is 154 Å². The number of nitrogens with two attached hydrogens (primary N) is 1. The Morgan fingerprint density at radius 1 is 1.29 bits per heavy atom. The highest BCUT2D eigenvalue weighted by Crippen LogP contribution is 2.45. The molecule has 1 saturated heterocycles. The fraction of sp³-hybridized carbons (Fsp3) is 0.500. The van der Waals surface area contributed by atoms with Crippen molar-refractivity contribution in [2.45, 2.75) is 24.5 Å². The van der Waals surface area contributed by atoms with Crippen LogP contribution in [-0.2, 0) is 22.9 Å². The zero-order chi connectivity index (χ0) is 20.9. The van der Waals surface area contributed by atoms with Gasteiger partial charge >= 0.3 is 15.6 Å². The maximum absolute atomic E-state index is 11.8. The Hall–Kier alpha value is -1.71. The molecule has 0 spiro atoms. The molecule has 16 nitrogen and oxygen atoms in total. The maximum atomic E-state index is 11.8. The molecule has 8 N–H and O–H groups in total. The Morgan fingerprint density at radius 2 is 1.96 bits per heavy atom. The predicted octanol–water partition coefficient (Wildman–Crippen LogP) is -2.45. The van der Waals surface area contributed by atoms with Gasteiger partial charge in [-0.2, -0.15) is 4.98 Å². The van der Waals surface area contributed by atoms with E-state index < -0.39 is 52.4 Å². The fourth-order valence-corrected chi connectivity index (χ4v) is 3.59. The highest BCUT2D eigenvalue weighted by atomic mass is 31.2. The van der Waals surface area contributed by atoms with Crippen LogP contribution in [0.1, 0.15) is 6.23 Å². The standard InChI is InChI=1S/C10H15N5O11P2/c11-10-13-7-4(8(17)14-10)12-2-15(7)9-5(16)6(26-28(21,22)23)3(25-9)1-24-27(18,19)20/h2-3,5-6,9,16H,1H2,(H2,18,19,20)(H2,21,22,23)(H3,11,13,14,17)/t3-,5-,6+,9-/m1/s1. The summed E-state index contributed by atoms with van der Waals surface area (Å²) in [5.74, 6) is -0.267. The van der Waals surface area contributed by atoms with Gasteiger partial charge in [0, 0.05) is 0 Å². The molecule has 0 bridgehead atoms. The molecule has 156 valence electrons. The van der Waals surface area contributed by atoms with Gasteiger partial charge in [-0.05, 0) is 0 Å². The van der Waals surface area contributed by atoms with Gasteiger partial charge in [-0.15, -0.1) is 0 Å². The predicted molar refractivity (Wildman–Crippen MR) is 87.4 cm³/mol. The van der Waals surface area contributed by atoms with Gasteiger partial charge in [-0.1, -0.05) is 0 Å². The second-order valence-corrected chi connectivity index (χ2v) is 8.11. The molecule has 2 aromatic heterocycles. The number of aliphatic hydroxyl groups is 1. The number of nitrogens with zero attached hydrogens (tertiary/aromatic N) is 3.